The zero-order valence-corrected chi connectivity index (χ0v) is 12.2. The van der Waals surface area contributed by atoms with Crippen molar-refractivity contribution in [3.63, 3.8) is 0 Å². The summed E-state index contributed by atoms with van der Waals surface area (Å²) in [4.78, 5) is 4.48. The molecule has 3 aromatic rings. The molecule has 3 rings (SSSR count). The first-order valence-corrected chi connectivity index (χ1v) is 6.97. The van der Waals surface area contributed by atoms with E-state index in [1.807, 2.05) is 24.3 Å². The van der Waals surface area contributed by atoms with E-state index in [2.05, 4.69) is 10.3 Å². The van der Waals surface area contributed by atoms with Gasteiger partial charge in [-0.15, -0.1) is 0 Å². The molecule has 1 aromatic heterocycles. The predicted octanol–water partition coefficient (Wildman–Crippen LogP) is 3.35. The molecule has 0 radical (unpaired) electrons. The lowest BCUT2D eigenvalue weighted by molar-refractivity contribution is 0.283. The third-order valence-electron chi connectivity index (χ3n) is 3.49. The van der Waals surface area contributed by atoms with Gasteiger partial charge in [0.1, 0.15) is 11.6 Å². The van der Waals surface area contributed by atoms with E-state index in [1.165, 1.54) is 0 Å². The van der Waals surface area contributed by atoms with E-state index < -0.39 is 6.56 Å². The molecule has 0 fully saturated rings. The molecule has 0 unspecified atom stereocenters. The first-order valence-electron chi connectivity index (χ1n) is 7.97. The summed E-state index contributed by atoms with van der Waals surface area (Å²) in [6, 6.07) is 16.4. The van der Waals surface area contributed by atoms with Gasteiger partial charge in [-0.25, -0.2) is 4.98 Å². The molecule has 22 heavy (non-hydrogen) atoms. The van der Waals surface area contributed by atoms with Crippen molar-refractivity contribution < 1.29 is 12.6 Å². The number of aromatic nitrogens is 1. The Labute approximate surface area is 132 Å². The average Bonchev–Trinajstić information content (AvgIpc) is 2.58. The first kappa shape index (κ1) is 12.0. The summed E-state index contributed by atoms with van der Waals surface area (Å²) in [6.07, 6.45) is 0. The molecule has 2 N–H and O–H groups in total. The normalized spacial score (nSPS) is 12.6. The predicted molar refractivity (Wildman–Crippen MR) is 88.0 cm³/mol. The van der Waals surface area contributed by atoms with Gasteiger partial charge in [0.2, 0.25) is 0 Å². The van der Waals surface area contributed by atoms with Gasteiger partial charge in [-0.3, -0.25) is 0 Å². The highest BCUT2D eigenvalue weighted by molar-refractivity contribution is 5.83. The maximum absolute atomic E-state index is 9.63. The lowest BCUT2D eigenvalue weighted by Crippen LogP contribution is -2.01. The molecule has 0 saturated carbocycles. The Morgan fingerprint density at radius 3 is 2.68 bits per heavy atom. The van der Waals surface area contributed by atoms with E-state index in [0.717, 1.165) is 11.3 Å². The van der Waals surface area contributed by atoms with Crippen LogP contribution in [0.2, 0.25) is 0 Å². The zero-order chi connectivity index (χ0) is 17.2. The monoisotopic (exact) mass is 296 g/mol. The molecule has 112 valence electrons. The van der Waals surface area contributed by atoms with Crippen LogP contribution in [0.1, 0.15) is 13.9 Å². The number of methoxy groups -OCH3 is 1. The molecular weight excluding hydrogens is 276 g/mol. The molecular formula is C18H18N2O2. The van der Waals surface area contributed by atoms with E-state index in [9.17, 15) is 5.11 Å². The number of ether oxygens (including phenoxy) is 1. The van der Waals surface area contributed by atoms with Crippen LogP contribution in [0, 0.1) is 0 Å². The number of nitrogens with one attached hydrogen (secondary N) is 1. The summed E-state index contributed by atoms with van der Waals surface area (Å²) in [5, 5.41) is 13.5. The molecule has 2 aromatic carbocycles. The van der Waals surface area contributed by atoms with Crippen molar-refractivity contribution in [3.8, 4) is 5.75 Å². The second-order valence-corrected chi connectivity index (χ2v) is 4.88. The number of benzene rings is 2. The van der Waals surface area contributed by atoms with Crippen LogP contribution >= 0.6 is 0 Å². The van der Waals surface area contributed by atoms with Gasteiger partial charge >= 0.3 is 0 Å². The van der Waals surface area contributed by atoms with E-state index in [0.29, 0.717) is 23.3 Å². The topological polar surface area (TPSA) is 54.4 Å². The molecule has 0 bridgehead atoms. The van der Waals surface area contributed by atoms with Gasteiger partial charge in [0.25, 0.3) is 0 Å². The van der Waals surface area contributed by atoms with Crippen LogP contribution in [0.25, 0.3) is 10.9 Å². The van der Waals surface area contributed by atoms with Gasteiger partial charge < -0.3 is 15.2 Å². The molecule has 0 aliphatic carbocycles. The van der Waals surface area contributed by atoms with Gasteiger partial charge in [-0.05, 0) is 41.5 Å². The Morgan fingerprint density at radius 2 is 1.95 bits per heavy atom. The van der Waals surface area contributed by atoms with Crippen LogP contribution in [-0.2, 0) is 13.1 Å². The smallest absolute Gasteiger partial charge is 0.126 e. The fourth-order valence-electron chi connectivity index (χ4n) is 2.29. The van der Waals surface area contributed by atoms with Crippen LogP contribution in [0.15, 0.2) is 54.6 Å². The summed E-state index contributed by atoms with van der Waals surface area (Å²) in [6.45, 7) is -1.78. The second kappa shape index (κ2) is 6.45. The molecule has 0 amide bonds. The van der Waals surface area contributed by atoms with Crippen molar-refractivity contribution in [2.24, 2.45) is 0 Å². The number of rotatable bonds is 5. The maximum atomic E-state index is 9.63. The number of pyridine rings is 1. The third-order valence-corrected chi connectivity index (χ3v) is 3.49. The third kappa shape index (κ3) is 3.02. The van der Waals surface area contributed by atoms with E-state index in [1.54, 1.807) is 37.4 Å². The van der Waals surface area contributed by atoms with Crippen LogP contribution in [0.4, 0.5) is 5.82 Å². The minimum Gasteiger partial charge on any atom is -0.497 e. The fourth-order valence-corrected chi connectivity index (χ4v) is 2.29. The zero-order valence-electron chi connectivity index (χ0n) is 14.2. The average molecular weight is 296 g/mol. The van der Waals surface area contributed by atoms with Crippen molar-refractivity contribution in [1.82, 2.24) is 4.98 Å². The Bertz CT molecular complexity index is 846. The van der Waals surface area contributed by atoms with Gasteiger partial charge in [0, 0.05) is 11.9 Å². The van der Waals surface area contributed by atoms with E-state index >= 15 is 0 Å². The highest BCUT2D eigenvalue weighted by Gasteiger charge is 2.03. The van der Waals surface area contributed by atoms with Crippen LogP contribution in [0.3, 0.4) is 0 Å². The summed E-state index contributed by atoms with van der Waals surface area (Å²) >= 11 is 0. The Balaban J connectivity index is 1.80. The summed E-state index contributed by atoms with van der Waals surface area (Å²) in [5.74, 6) is 1.50. The van der Waals surface area contributed by atoms with Crippen molar-refractivity contribution in [2.75, 3.05) is 12.4 Å². The molecule has 0 aliphatic heterocycles. The Hall–Kier alpha value is -2.59. The highest BCUT2D eigenvalue weighted by atomic mass is 16.5. The summed E-state index contributed by atoms with van der Waals surface area (Å²) < 4.78 is 20.1. The van der Waals surface area contributed by atoms with Crippen molar-refractivity contribution >= 4 is 16.7 Å². The standard InChI is InChI=1S/C18H18N2O2/c1-22-15-7-5-13(6-8-15)11-19-18-10-9-16-14(12-21)3-2-4-17(16)20-18/h2-10,21H,11-12H2,1H3,(H,19,20)/i12D2. The minimum absolute atomic E-state index is 0.217. The van der Waals surface area contributed by atoms with Gasteiger partial charge in [0.15, 0.2) is 0 Å². The van der Waals surface area contributed by atoms with Gasteiger partial charge in [-0.1, -0.05) is 24.3 Å². The molecule has 4 nitrogen and oxygen atoms in total. The molecule has 0 atom stereocenters. The molecule has 0 saturated heterocycles. The van der Waals surface area contributed by atoms with Crippen LogP contribution in [0.5, 0.6) is 5.75 Å². The minimum atomic E-state index is -2.39. The SMILES string of the molecule is [2H]C([2H])(O)c1cccc2nc(NCc3ccc(OC)cc3)ccc12. The number of anilines is 1. The maximum Gasteiger partial charge on any atom is 0.126 e. The van der Waals surface area contributed by atoms with Crippen LogP contribution < -0.4 is 10.1 Å². The van der Waals surface area contributed by atoms with Gasteiger partial charge in [0.05, 0.1) is 21.9 Å². The molecule has 0 spiro atoms. The Morgan fingerprint density at radius 1 is 1.14 bits per heavy atom. The van der Waals surface area contributed by atoms with Gasteiger partial charge in [-0.2, -0.15) is 0 Å². The van der Waals surface area contributed by atoms with Crippen LogP contribution in [-0.4, -0.2) is 17.2 Å². The van der Waals surface area contributed by atoms with Crippen molar-refractivity contribution in [3.05, 3.63) is 65.7 Å². The lowest BCUT2D eigenvalue weighted by atomic mass is 10.1. The number of hydrogen-bond donors (Lipinski definition) is 2. The Kier molecular flexibility index (Phi) is 3.52. The quantitative estimate of drug-likeness (QED) is 0.758. The van der Waals surface area contributed by atoms with Crippen molar-refractivity contribution in [1.29, 1.82) is 0 Å². The second-order valence-electron chi connectivity index (χ2n) is 4.88. The number of fused-ring (bicyclic) bond motifs is 1. The summed E-state index contributed by atoms with van der Waals surface area (Å²) in [7, 11) is 1.63. The fraction of sp³-hybridized carbons (Fsp3) is 0.167. The summed E-state index contributed by atoms with van der Waals surface area (Å²) in [5.41, 5.74) is 1.94. The molecule has 0 aliphatic rings. The lowest BCUT2D eigenvalue weighted by Gasteiger charge is -2.09. The number of nitrogens with zero attached hydrogens (tertiary/aromatic N) is 1. The number of hydrogen-bond acceptors (Lipinski definition) is 4. The van der Waals surface area contributed by atoms with E-state index in [-0.39, 0.29) is 5.56 Å². The molecule has 4 heteroatoms. The first-order chi connectivity index (χ1) is 11.5. The number of aliphatic hydroxyl groups is 1. The van der Waals surface area contributed by atoms with Crippen molar-refractivity contribution in [2.45, 2.75) is 13.1 Å². The highest BCUT2D eigenvalue weighted by Crippen LogP contribution is 2.20. The largest absolute Gasteiger partial charge is 0.497 e. The molecule has 1 heterocycles. The van der Waals surface area contributed by atoms with E-state index in [4.69, 9.17) is 7.48 Å².